The molecule has 12 heteroatoms. The number of rotatable bonds is 7. The lowest BCUT2D eigenvalue weighted by molar-refractivity contribution is -0.230. The Balaban J connectivity index is 1.59. The van der Waals surface area contributed by atoms with Crippen molar-refractivity contribution in [1.29, 1.82) is 0 Å². The van der Waals surface area contributed by atoms with E-state index in [1.165, 1.54) is 19.1 Å². The van der Waals surface area contributed by atoms with Crippen LogP contribution in [-0.2, 0) is 26.6 Å². The summed E-state index contributed by atoms with van der Waals surface area (Å²) in [5.41, 5.74) is -2.45. The van der Waals surface area contributed by atoms with Crippen molar-refractivity contribution in [2.45, 2.75) is 37.7 Å². The SMILES string of the molecule is C[C@@H](O[C@H]1OCCN(CCN2CCOCC2)[C@H]1c1ccc(F)cc1)c1cc(C(F)(F)F)cc(C(F)(F)F)c1. The van der Waals surface area contributed by atoms with Crippen molar-refractivity contribution in [1.82, 2.24) is 9.80 Å². The molecule has 0 aliphatic carbocycles. The molecule has 2 saturated heterocycles. The highest BCUT2D eigenvalue weighted by Gasteiger charge is 2.39. The lowest BCUT2D eigenvalue weighted by Gasteiger charge is -2.43. The molecule has 0 spiro atoms. The Labute approximate surface area is 216 Å². The van der Waals surface area contributed by atoms with Gasteiger partial charge in [-0.15, -0.1) is 0 Å². The fourth-order valence-electron chi connectivity index (χ4n) is 4.67. The molecule has 0 radical (unpaired) electrons. The summed E-state index contributed by atoms with van der Waals surface area (Å²) in [6.07, 6.45) is -12.1. The lowest BCUT2D eigenvalue weighted by atomic mass is 10.0. The van der Waals surface area contributed by atoms with Crippen LogP contribution in [0.2, 0.25) is 0 Å². The third-order valence-electron chi connectivity index (χ3n) is 6.75. The molecule has 2 aliphatic heterocycles. The Morgan fingerprint density at radius 2 is 1.47 bits per heavy atom. The molecule has 4 rings (SSSR count). The highest BCUT2D eigenvalue weighted by molar-refractivity contribution is 5.34. The first-order valence-corrected chi connectivity index (χ1v) is 12.3. The number of hydrogen-bond acceptors (Lipinski definition) is 5. The molecule has 2 heterocycles. The Hall–Kier alpha value is -2.25. The van der Waals surface area contributed by atoms with Crippen molar-refractivity contribution in [3.63, 3.8) is 0 Å². The summed E-state index contributed by atoms with van der Waals surface area (Å²) in [6, 6.07) is 6.56. The minimum Gasteiger partial charge on any atom is -0.379 e. The van der Waals surface area contributed by atoms with Crippen LogP contribution in [0.3, 0.4) is 0 Å². The average molecular weight is 551 g/mol. The summed E-state index contributed by atoms with van der Waals surface area (Å²) in [4.78, 5) is 4.32. The zero-order chi connectivity index (χ0) is 27.5. The first-order valence-electron chi connectivity index (χ1n) is 12.3. The molecule has 0 unspecified atom stereocenters. The predicted molar refractivity (Wildman–Crippen MR) is 124 cm³/mol. The second-order valence-electron chi connectivity index (χ2n) is 9.34. The molecule has 38 heavy (non-hydrogen) atoms. The van der Waals surface area contributed by atoms with Gasteiger partial charge in [-0.1, -0.05) is 12.1 Å². The fraction of sp³-hybridized carbons (Fsp3) is 0.538. The van der Waals surface area contributed by atoms with E-state index in [-0.39, 0.29) is 18.2 Å². The maximum atomic E-state index is 13.7. The van der Waals surface area contributed by atoms with Crippen LogP contribution in [0.1, 0.15) is 41.3 Å². The van der Waals surface area contributed by atoms with Gasteiger partial charge < -0.3 is 14.2 Å². The number of morpholine rings is 2. The topological polar surface area (TPSA) is 34.2 Å². The zero-order valence-corrected chi connectivity index (χ0v) is 20.7. The van der Waals surface area contributed by atoms with Crippen LogP contribution >= 0.6 is 0 Å². The van der Waals surface area contributed by atoms with Crippen LogP contribution in [0.15, 0.2) is 42.5 Å². The summed E-state index contributed by atoms with van der Waals surface area (Å²) < 4.78 is 111. The number of alkyl halides is 6. The van der Waals surface area contributed by atoms with Crippen molar-refractivity contribution in [2.24, 2.45) is 0 Å². The number of halogens is 7. The number of benzene rings is 2. The third kappa shape index (κ3) is 7.23. The van der Waals surface area contributed by atoms with E-state index in [0.29, 0.717) is 50.5 Å². The van der Waals surface area contributed by atoms with E-state index in [0.717, 1.165) is 13.1 Å². The van der Waals surface area contributed by atoms with Gasteiger partial charge >= 0.3 is 12.4 Å². The summed E-state index contributed by atoms with van der Waals surface area (Å²) in [6.45, 7) is 6.27. The lowest BCUT2D eigenvalue weighted by Crippen LogP contribution is -2.50. The molecule has 0 N–H and O–H groups in total. The first-order chi connectivity index (χ1) is 17.9. The van der Waals surface area contributed by atoms with E-state index in [4.69, 9.17) is 14.2 Å². The smallest absolute Gasteiger partial charge is 0.379 e. The van der Waals surface area contributed by atoms with E-state index in [9.17, 15) is 30.7 Å². The van der Waals surface area contributed by atoms with Gasteiger partial charge in [-0.25, -0.2) is 4.39 Å². The maximum Gasteiger partial charge on any atom is 0.416 e. The molecule has 2 aromatic carbocycles. The maximum absolute atomic E-state index is 13.7. The third-order valence-corrected chi connectivity index (χ3v) is 6.75. The van der Waals surface area contributed by atoms with Gasteiger partial charge in [0, 0.05) is 32.7 Å². The van der Waals surface area contributed by atoms with E-state index in [1.54, 1.807) is 12.1 Å². The Morgan fingerprint density at radius 1 is 0.868 bits per heavy atom. The molecule has 0 bridgehead atoms. The summed E-state index contributed by atoms with van der Waals surface area (Å²) in [7, 11) is 0. The van der Waals surface area contributed by atoms with E-state index < -0.39 is 47.7 Å². The fourth-order valence-corrected chi connectivity index (χ4v) is 4.67. The van der Waals surface area contributed by atoms with Gasteiger partial charge in [-0.2, -0.15) is 26.3 Å². The number of ether oxygens (including phenoxy) is 3. The van der Waals surface area contributed by atoms with Crippen LogP contribution in [0.4, 0.5) is 30.7 Å². The van der Waals surface area contributed by atoms with Crippen molar-refractivity contribution >= 4 is 0 Å². The standard InChI is InChI=1S/C26H29F7N2O3/c1-17(19-14-20(25(28,29)30)16-21(15-19)26(31,32)33)38-24-23(18-2-4-22(27)5-3-18)35(10-13-37-24)7-6-34-8-11-36-12-9-34/h2-5,14-17,23-24H,6-13H2,1H3/t17-,23+,24-/m1/s1. The quantitative estimate of drug-likeness (QED) is 0.415. The van der Waals surface area contributed by atoms with Crippen LogP contribution in [-0.4, -0.2) is 68.6 Å². The van der Waals surface area contributed by atoms with E-state index in [1.807, 2.05) is 0 Å². The molecule has 210 valence electrons. The van der Waals surface area contributed by atoms with Crippen molar-refractivity contribution < 1.29 is 44.9 Å². The minimum absolute atomic E-state index is 0.0853. The second kappa shape index (κ2) is 11.9. The Bertz CT molecular complexity index is 1020. The van der Waals surface area contributed by atoms with Crippen molar-refractivity contribution in [3.05, 3.63) is 70.5 Å². The summed E-state index contributed by atoms with van der Waals surface area (Å²) in [5.74, 6) is -0.445. The molecule has 2 aromatic rings. The largest absolute Gasteiger partial charge is 0.416 e. The predicted octanol–water partition coefficient (Wildman–Crippen LogP) is 5.67. The van der Waals surface area contributed by atoms with Gasteiger partial charge in [-0.3, -0.25) is 9.80 Å². The number of nitrogens with zero attached hydrogens (tertiary/aromatic N) is 2. The second-order valence-corrected chi connectivity index (χ2v) is 9.34. The Kier molecular flexibility index (Phi) is 8.98. The van der Waals surface area contributed by atoms with Crippen LogP contribution in [0.5, 0.6) is 0 Å². The van der Waals surface area contributed by atoms with E-state index >= 15 is 0 Å². The van der Waals surface area contributed by atoms with E-state index in [2.05, 4.69) is 9.80 Å². The molecular weight excluding hydrogens is 521 g/mol. The summed E-state index contributed by atoms with van der Waals surface area (Å²) in [5, 5.41) is 0. The Morgan fingerprint density at radius 3 is 2.05 bits per heavy atom. The van der Waals surface area contributed by atoms with Gasteiger partial charge in [0.05, 0.1) is 43.1 Å². The van der Waals surface area contributed by atoms with Crippen LogP contribution < -0.4 is 0 Å². The highest BCUT2D eigenvalue weighted by Crippen LogP contribution is 2.39. The van der Waals surface area contributed by atoms with Gasteiger partial charge in [0.2, 0.25) is 0 Å². The highest BCUT2D eigenvalue weighted by atomic mass is 19.4. The molecular formula is C26H29F7N2O3. The molecule has 0 saturated carbocycles. The van der Waals surface area contributed by atoms with Crippen LogP contribution in [0, 0.1) is 5.82 Å². The molecule has 0 amide bonds. The first kappa shape index (κ1) is 28.8. The molecule has 5 nitrogen and oxygen atoms in total. The van der Waals surface area contributed by atoms with Crippen LogP contribution in [0.25, 0.3) is 0 Å². The number of hydrogen-bond donors (Lipinski definition) is 0. The zero-order valence-electron chi connectivity index (χ0n) is 20.7. The van der Waals surface area contributed by atoms with Crippen molar-refractivity contribution in [2.75, 3.05) is 52.5 Å². The minimum atomic E-state index is -4.97. The molecule has 3 atom stereocenters. The van der Waals surface area contributed by atoms with Gasteiger partial charge in [0.25, 0.3) is 0 Å². The molecule has 2 aliphatic rings. The van der Waals surface area contributed by atoms with Gasteiger partial charge in [-0.05, 0) is 48.4 Å². The van der Waals surface area contributed by atoms with Gasteiger partial charge in [0.1, 0.15) is 5.82 Å². The van der Waals surface area contributed by atoms with Gasteiger partial charge in [0.15, 0.2) is 6.29 Å². The monoisotopic (exact) mass is 550 g/mol. The average Bonchev–Trinajstić information content (AvgIpc) is 2.87. The van der Waals surface area contributed by atoms with Crippen molar-refractivity contribution in [3.8, 4) is 0 Å². The summed E-state index contributed by atoms with van der Waals surface area (Å²) >= 11 is 0. The molecule has 2 fully saturated rings. The normalized spacial score (nSPS) is 22.9. The molecule has 0 aromatic heterocycles.